The van der Waals surface area contributed by atoms with E-state index in [4.69, 9.17) is 18.8 Å². The fraction of sp³-hybridized carbons (Fsp3) is 0.500. The van der Waals surface area contributed by atoms with Crippen molar-refractivity contribution in [2.24, 2.45) is 0 Å². The Labute approximate surface area is 148 Å². The molecule has 1 saturated heterocycles. The maximum atomic E-state index is 11.7. The molecule has 6 nitrogen and oxygen atoms in total. The highest BCUT2D eigenvalue weighted by Crippen LogP contribution is 2.38. The van der Waals surface area contributed by atoms with Gasteiger partial charge >= 0.3 is 13.1 Å². The molecule has 0 bridgehead atoms. The van der Waals surface area contributed by atoms with Crippen LogP contribution < -0.4 is 4.74 Å². The Hall–Kier alpha value is -1.83. The third-order valence-corrected chi connectivity index (χ3v) is 4.72. The molecule has 1 aromatic rings. The molecule has 0 amide bonds. The predicted molar refractivity (Wildman–Crippen MR) is 95.5 cm³/mol. The van der Waals surface area contributed by atoms with Crippen molar-refractivity contribution in [2.45, 2.75) is 38.9 Å². The Morgan fingerprint density at radius 1 is 1.20 bits per heavy atom. The zero-order valence-corrected chi connectivity index (χ0v) is 15.6. The molecule has 2 rings (SSSR count). The normalized spacial score (nSPS) is 19.0. The second-order valence-corrected chi connectivity index (χ2v) is 6.92. The van der Waals surface area contributed by atoms with Crippen LogP contribution in [0.25, 0.3) is 6.08 Å². The summed E-state index contributed by atoms with van der Waals surface area (Å²) in [4.78, 5) is 11.7. The lowest BCUT2D eigenvalue weighted by atomic mass is 9.77. The molecule has 0 radical (unpaired) electrons. The van der Waals surface area contributed by atoms with Crippen molar-refractivity contribution in [1.29, 1.82) is 0 Å². The predicted octanol–water partition coefficient (Wildman–Crippen LogP) is 2.49. The molecule has 0 saturated carbocycles. The molecule has 0 unspecified atom stereocenters. The van der Waals surface area contributed by atoms with Gasteiger partial charge in [0.1, 0.15) is 11.3 Å². The van der Waals surface area contributed by atoms with Crippen LogP contribution in [0.15, 0.2) is 23.7 Å². The smallest absolute Gasteiger partial charge is 0.492 e. The monoisotopic (exact) mass is 348 g/mol. The number of benzene rings is 1. The zero-order valence-electron chi connectivity index (χ0n) is 15.6. The molecule has 25 heavy (non-hydrogen) atoms. The average Bonchev–Trinajstić information content (AvgIpc) is 2.79. The van der Waals surface area contributed by atoms with E-state index in [2.05, 4.69) is 0 Å². The maximum absolute atomic E-state index is 11.7. The van der Waals surface area contributed by atoms with Gasteiger partial charge in [0.2, 0.25) is 0 Å². The summed E-state index contributed by atoms with van der Waals surface area (Å²) >= 11 is 0. The second kappa shape index (κ2) is 7.19. The van der Waals surface area contributed by atoms with Crippen molar-refractivity contribution < 1.29 is 28.7 Å². The van der Waals surface area contributed by atoms with Crippen molar-refractivity contribution in [1.82, 2.24) is 0 Å². The Bertz CT molecular complexity index is 664. The molecule has 0 atom stereocenters. The van der Waals surface area contributed by atoms with Crippen LogP contribution in [-0.4, -0.2) is 50.2 Å². The van der Waals surface area contributed by atoms with E-state index in [0.717, 1.165) is 5.56 Å². The lowest BCUT2D eigenvalue weighted by Gasteiger charge is -2.32. The molecule has 1 aliphatic heterocycles. The first-order valence-corrected chi connectivity index (χ1v) is 8.08. The molecule has 1 heterocycles. The van der Waals surface area contributed by atoms with Crippen LogP contribution in [0.5, 0.6) is 5.75 Å². The average molecular weight is 348 g/mol. The number of hydrogen-bond donors (Lipinski definition) is 1. The molecule has 0 aromatic heterocycles. The van der Waals surface area contributed by atoms with Gasteiger partial charge in [-0.2, -0.15) is 0 Å². The van der Waals surface area contributed by atoms with E-state index in [1.807, 2.05) is 27.7 Å². The molecule has 1 fully saturated rings. The van der Waals surface area contributed by atoms with E-state index < -0.39 is 24.3 Å². The summed E-state index contributed by atoms with van der Waals surface area (Å²) < 4.78 is 21.9. The van der Waals surface area contributed by atoms with Gasteiger partial charge in [-0.1, -0.05) is 12.1 Å². The summed E-state index contributed by atoms with van der Waals surface area (Å²) in [5, 5.41) is 9.76. The number of carbonyl (C=O) groups is 1. The third-order valence-electron chi connectivity index (χ3n) is 4.72. The van der Waals surface area contributed by atoms with Crippen molar-refractivity contribution in [2.75, 3.05) is 20.8 Å². The van der Waals surface area contributed by atoms with Crippen LogP contribution in [0, 0.1) is 0 Å². The van der Waals surface area contributed by atoms with Gasteiger partial charge in [0, 0.05) is 0 Å². The SMILES string of the molecule is COC(=O)c1ccc(C=C(CO)B2OC(C)(C)C(C)(C)O2)cc1OC. The van der Waals surface area contributed by atoms with E-state index in [0.29, 0.717) is 16.8 Å². The van der Waals surface area contributed by atoms with Crippen LogP contribution in [0.2, 0.25) is 0 Å². The molecular weight excluding hydrogens is 323 g/mol. The van der Waals surface area contributed by atoms with Gasteiger partial charge in [0.15, 0.2) is 0 Å². The number of ether oxygens (including phenoxy) is 2. The first-order valence-electron chi connectivity index (χ1n) is 8.08. The second-order valence-electron chi connectivity index (χ2n) is 6.92. The molecular formula is C18H25BO6. The molecule has 1 aliphatic rings. The molecule has 0 spiro atoms. The summed E-state index contributed by atoms with van der Waals surface area (Å²) in [5.74, 6) is -0.0764. The van der Waals surface area contributed by atoms with Crippen LogP contribution in [0.4, 0.5) is 0 Å². The minimum Gasteiger partial charge on any atom is -0.496 e. The Kier molecular flexibility index (Phi) is 5.61. The number of rotatable bonds is 5. The highest BCUT2D eigenvalue weighted by molar-refractivity contribution is 6.55. The number of methoxy groups -OCH3 is 2. The third kappa shape index (κ3) is 3.89. The topological polar surface area (TPSA) is 74.2 Å². The number of carbonyl (C=O) groups excluding carboxylic acids is 1. The maximum Gasteiger partial charge on any atom is 0.492 e. The first kappa shape index (κ1) is 19.5. The van der Waals surface area contributed by atoms with Crippen LogP contribution in [0.3, 0.4) is 0 Å². The Morgan fingerprint density at radius 2 is 1.80 bits per heavy atom. The van der Waals surface area contributed by atoms with E-state index in [9.17, 15) is 9.90 Å². The fourth-order valence-corrected chi connectivity index (χ4v) is 2.47. The number of esters is 1. The lowest BCUT2D eigenvalue weighted by molar-refractivity contribution is 0.00578. The van der Waals surface area contributed by atoms with Gasteiger partial charge in [-0.25, -0.2) is 4.79 Å². The van der Waals surface area contributed by atoms with Gasteiger partial charge in [0.05, 0.1) is 32.0 Å². The number of aliphatic hydroxyl groups excluding tert-OH is 1. The highest BCUT2D eigenvalue weighted by Gasteiger charge is 2.52. The Morgan fingerprint density at radius 3 is 2.28 bits per heavy atom. The van der Waals surface area contributed by atoms with Gasteiger partial charge in [-0.3, -0.25) is 0 Å². The minimum atomic E-state index is -0.638. The van der Waals surface area contributed by atoms with Gasteiger partial charge in [0.25, 0.3) is 0 Å². The van der Waals surface area contributed by atoms with Gasteiger partial charge < -0.3 is 23.9 Å². The molecule has 7 heteroatoms. The largest absolute Gasteiger partial charge is 0.496 e. The number of hydrogen-bond acceptors (Lipinski definition) is 6. The van der Waals surface area contributed by atoms with Crippen molar-refractivity contribution >= 4 is 19.2 Å². The van der Waals surface area contributed by atoms with Crippen LogP contribution >= 0.6 is 0 Å². The van der Waals surface area contributed by atoms with E-state index in [-0.39, 0.29) is 6.61 Å². The summed E-state index contributed by atoms with van der Waals surface area (Å²) in [6.45, 7) is 7.61. The summed E-state index contributed by atoms with van der Waals surface area (Å²) in [7, 11) is 2.16. The molecule has 1 aromatic carbocycles. The van der Waals surface area contributed by atoms with Crippen molar-refractivity contribution in [3.05, 3.63) is 34.8 Å². The highest BCUT2D eigenvalue weighted by atomic mass is 16.7. The summed E-state index contributed by atoms with van der Waals surface area (Å²) in [6.07, 6.45) is 1.77. The van der Waals surface area contributed by atoms with E-state index in [1.54, 1.807) is 24.3 Å². The number of aliphatic hydroxyl groups is 1. The first-order chi connectivity index (χ1) is 11.6. The van der Waals surface area contributed by atoms with Crippen LogP contribution in [0.1, 0.15) is 43.6 Å². The molecule has 136 valence electrons. The molecule has 1 N–H and O–H groups in total. The fourth-order valence-electron chi connectivity index (χ4n) is 2.47. The molecule has 0 aliphatic carbocycles. The minimum absolute atomic E-state index is 0.210. The van der Waals surface area contributed by atoms with E-state index in [1.165, 1.54) is 14.2 Å². The Balaban J connectivity index is 2.33. The van der Waals surface area contributed by atoms with Gasteiger partial charge in [-0.15, -0.1) is 0 Å². The lowest BCUT2D eigenvalue weighted by Crippen LogP contribution is -2.41. The van der Waals surface area contributed by atoms with Crippen LogP contribution in [-0.2, 0) is 14.0 Å². The van der Waals surface area contributed by atoms with E-state index >= 15 is 0 Å². The zero-order chi connectivity index (χ0) is 18.8. The standard InChI is InChI=1S/C18H25BO6/c1-17(2)18(3,4)25-19(24-17)13(11-20)9-12-7-8-14(16(21)23-6)15(10-12)22-5/h7-10,20H,11H2,1-6H3. The summed E-state index contributed by atoms with van der Waals surface area (Å²) in [5.41, 5.74) is 0.703. The summed E-state index contributed by atoms with van der Waals surface area (Å²) in [6, 6.07) is 5.07. The quantitative estimate of drug-likeness (QED) is 0.651. The van der Waals surface area contributed by atoms with Gasteiger partial charge in [-0.05, 0) is 50.9 Å². The van der Waals surface area contributed by atoms with Crippen molar-refractivity contribution in [3.63, 3.8) is 0 Å². The van der Waals surface area contributed by atoms with Crippen molar-refractivity contribution in [3.8, 4) is 5.75 Å².